The number of piperidine rings is 1. The molecule has 3 rings (SSSR count). The van der Waals surface area contributed by atoms with Gasteiger partial charge in [0, 0.05) is 30.9 Å². The Bertz CT molecular complexity index is 906. The molecule has 7 nitrogen and oxygen atoms in total. The summed E-state index contributed by atoms with van der Waals surface area (Å²) in [6, 6.07) is 7.86. The van der Waals surface area contributed by atoms with Crippen LogP contribution in [0.4, 0.5) is 0 Å². The molecule has 2 aromatic rings. The Labute approximate surface area is 153 Å². The van der Waals surface area contributed by atoms with E-state index in [4.69, 9.17) is 4.74 Å². The average Bonchev–Trinajstić information content (AvgIpc) is 2.62. The molecule has 1 aliphatic heterocycles. The van der Waals surface area contributed by atoms with Crippen LogP contribution in [-0.2, 0) is 10.0 Å². The maximum atomic E-state index is 12.8. The number of rotatable bonds is 5. The lowest BCUT2D eigenvalue weighted by Gasteiger charge is -2.31. The maximum Gasteiger partial charge on any atom is 0.243 e. The molecule has 0 unspecified atom stereocenters. The molecule has 0 aliphatic carbocycles. The molecule has 0 radical (unpaired) electrons. The van der Waals surface area contributed by atoms with E-state index in [9.17, 15) is 13.2 Å². The zero-order valence-corrected chi connectivity index (χ0v) is 15.6. The molecule has 1 fully saturated rings. The summed E-state index contributed by atoms with van der Waals surface area (Å²) in [6.45, 7) is 3.93. The zero-order valence-electron chi connectivity index (χ0n) is 14.8. The lowest BCUT2D eigenvalue weighted by molar-refractivity contribution is 0.101. The first kappa shape index (κ1) is 18.5. The number of aromatic nitrogens is 2. The van der Waals surface area contributed by atoms with E-state index in [1.807, 2.05) is 0 Å². The number of sulfonamides is 1. The van der Waals surface area contributed by atoms with Gasteiger partial charge in [-0.2, -0.15) is 9.29 Å². The zero-order chi connectivity index (χ0) is 18.7. The number of Topliss-reactive ketones (excluding diaryl/α,β-unsaturated/α-hetero) is 1. The molecule has 8 heteroatoms. The molecule has 1 aromatic carbocycles. The number of aryl methyl sites for hydroxylation is 1. The first-order valence-corrected chi connectivity index (χ1v) is 9.88. The first-order valence-electron chi connectivity index (χ1n) is 8.44. The average molecular weight is 375 g/mol. The van der Waals surface area contributed by atoms with Gasteiger partial charge in [0.1, 0.15) is 11.9 Å². The van der Waals surface area contributed by atoms with Gasteiger partial charge in [0.2, 0.25) is 15.9 Å². The van der Waals surface area contributed by atoms with Gasteiger partial charge < -0.3 is 4.74 Å². The topological polar surface area (TPSA) is 89.5 Å². The molecular weight excluding hydrogens is 354 g/mol. The van der Waals surface area contributed by atoms with E-state index in [1.54, 1.807) is 31.3 Å². The van der Waals surface area contributed by atoms with Crippen LogP contribution in [0, 0.1) is 6.92 Å². The second-order valence-corrected chi connectivity index (χ2v) is 8.19. The van der Waals surface area contributed by atoms with Gasteiger partial charge in [-0.25, -0.2) is 13.4 Å². The van der Waals surface area contributed by atoms with E-state index in [2.05, 4.69) is 9.97 Å². The highest BCUT2D eigenvalue weighted by molar-refractivity contribution is 7.89. The first-order chi connectivity index (χ1) is 12.4. The van der Waals surface area contributed by atoms with Crippen molar-refractivity contribution in [2.24, 2.45) is 0 Å². The SMILES string of the molecule is CC(=O)c1cccc(S(=O)(=O)N2CCC(Oc3ccnc(C)n3)CC2)c1. The fourth-order valence-corrected chi connectivity index (χ4v) is 4.40. The molecule has 1 saturated heterocycles. The fourth-order valence-electron chi connectivity index (χ4n) is 2.89. The van der Waals surface area contributed by atoms with Crippen molar-refractivity contribution in [2.45, 2.75) is 37.7 Å². The molecule has 0 amide bonds. The van der Waals surface area contributed by atoms with Crippen molar-refractivity contribution >= 4 is 15.8 Å². The van der Waals surface area contributed by atoms with Crippen LogP contribution in [-0.4, -0.2) is 47.7 Å². The molecule has 0 atom stereocenters. The molecule has 0 spiro atoms. The Morgan fingerprint density at radius 1 is 1.23 bits per heavy atom. The predicted octanol–water partition coefficient (Wildman–Crippen LogP) is 2.22. The van der Waals surface area contributed by atoms with Crippen molar-refractivity contribution in [2.75, 3.05) is 13.1 Å². The molecule has 138 valence electrons. The van der Waals surface area contributed by atoms with Gasteiger partial charge in [0.15, 0.2) is 5.78 Å². The Morgan fingerprint density at radius 2 is 1.96 bits per heavy atom. The Kier molecular flexibility index (Phi) is 5.33. The third-order valence-electron chi connectivity index (χ3n) is 4.32. The van der Waals surface area contributed by atoms with Gasteiger partial charge in [-0.15, -0.1) is 0 Å². The van der Waals surface area contributed by atoms with Gasteiger partial charge in [0.25, 0.3) is 0 Å². The van der Waals surface area contributed by atoms with Gasteiger partial charge in [-0.05, 0) is 38.8 Å². The Balaban J connectivity index is 1.67. The van der Waals surface area contributed by atoms with Crippen molar-refractivity contribution in [3.05, 3.63) is 47.9 Å². The van der Waals surface area contributed by atoms with Crippen LogP contribution in [0.25, 0.3) is 0 Å². The number of nitrogens with zero attached hydrogens (tertiary/aromatic N) is 3. The minimum Gasteiger partial charge on any atom is -0.474 e. The normalized spacial score (nSPS) is 16.4. The number of carbonyl (C=O) groups excluding carboxylic acids is 1. The molecular formula is C18H21N3O4S. The number of ketones is 1. The largest absolute Gasteiger partial charge is 0.474 e. The highest BCUT2D eigenvalue weighted by Gasteiger charge is 2.30. The van der Waals surface area contributed by atoms with Gasteiger partial charge in [0.05, 0.1) is 4.90 Å². The molecule has 1 aromatic heterocycles. The minimum atomic E-state index is -3.62. The molecule has 26 heavy (non-hydrogen) atoms. The number of hydrogen-bond donors (Lipinski definition) is 0. The molecule has 0 saturated carbocycles. The van der Waals surface area contributed by atoms with E-state index in [-0.39, 0.29) is 16.8 Å². The summed E-state index contributed by atoms with van der Waals surface area (Å²) in [5.41, 5.74) is 0.392. The number of carbonyl (C=O) groups is 1. The van der Waals surface area contributed by atoms with Crippen molar-refractivity contribution < 1.29 is 17.9 Å². The van der Waals surface area contributed by atoms with Gasteiger partial charge in [-0.3, -0.25) is 4.79 Å². The van der Waals surface area contributed by atoms with Crippen LogP contribution >= 0.6 is 0 Å². The Morgan fingerprint density at radius 3 is 2.62 bits per heavy atom. The van der Waals surface area contributed by atoms with Crippen LogP contribution in [0.5, 0.6) is 5.88 Å². The third kappa shape index (κ3) is 4.08. The van der Waals surface area contributed by atoms with Crippen molar-refractivity contribution in [3.8, 4) is 5.88 Å². The summed E-state index contributed by atoms with van der Waals surface area (Å²) in [5, 5.41) is 0. The molecule has 0 bridgehead atoms. The quantitative estimate of drug-likeness (QED) is 0.745. The number of hydrogen-bond acceptors (Lipinski definition) is 6. The van der Waals surface area contributed by atoms with E-state index in [1.165, 1.54) is 23.4 Å². The van der Waals surface area contributed by atoms with Crippen LogP contribution in [0.3, 0.4) is 0 Å². The number of benzene rings is 1. The van der Waals surface area contributed by atoms with E-state index >= 15 is 0 Å². The maximum absolute atomic E-state index is 12.8. The smallest absolute Gasteiger partial charge is 0.243 e. The minimum absolute atomic E-state index is 0.0840. The summed E-state index contributed by atoms with van der Waals surface area (Å²) in [7, 11) is -3.62. The van der Waals surface area contributed by atoms with E-state index < -0.39 is 10.0 Å². The lowest BCUT2D eigenvalue weighted by atomic mass is 10.1. The van der Waals surface area contributed by atoms with Gasteiger partial charge in [-0.1, -0.05) is 12.1 Å². The van der Waals surface area contributed by atoms with Crippen molar-refractivity contribution in [1.82, 2.24) is 14.3 Å². The second-order valence-electron chi connectivity index (χ2n) is 6.25. The van der Waals surface area contributed by atoms with Crippen LogP contribution in [0.15, 0.2) is 41.4 Å². The predicted molar refractivity (Wildman–Crippen MR) is 95.6 cm³/mol. The summed E-state index contributed by atoms with van der Waals surface area (Å²) in [6.07, 6.45) is 2.71. The van der Waals surface area contributed by atoms with E-state index in [0.717, 1.165) is 0 Å². The molecule has 1 aliphatic rings. The van der Waals surface area contributed by atoms with Crippen molar-refractivity contribution in [1.29, 1.82) is 0 Å². The molecule has 2 heterocycles. The van der Waals surface area contributed by atoms with Crippen LogP contribution in [0.2, 0.25) is 0 Å². The van der Waals surface area contributed by atoms with E-state index in [0.29, 0.717) is 43.2 Å². The summed E-state index contributed by atoms with van der Waals surface area (Å²) < 4.78 is 32.9. The second kappa shape index (κ2) is 7.51. The summed E-state index contributed by atoms with van der Waals surface area (Å²) in [4.78, 5) is 19.9. The van der Waals surface area contributed by atoms with Crippen molar-refractivity contribution in [3.63, 3.8) is 0 Å². The highest BCUT2D eigenvalue weighted by Crippen LogP contribution is 2.23. The standard InChI is InChI=1S/C18H21N3O4S/c1-13(22)15-4-3-5-17(12-15)26(23,24)21-10-7-16(8-11-21)25-18-6-9-19-14(2)20-18/h3-6,9,12,16H,7-8,10-11H2,1-2H3. The fraction of sp³-hybridized carbons (Fsp3) is 0.389. The third-order valence-corrected chi connectivity index (χ3v) is 6.21. The molecule has 0 N–H and O–H groups in total. The Hall–Kier alpha value is -2.32. The highest BCUT2D eigenvalue weighted by atomic mass is 32.2. The van der Waals surface area contributed by atoms with Crippen LogP contribution in [0.1, 0.15) is 35.9 Å². The lowest BCUT2D eigenvalue weighted by Crippen LogP contribution is -2.41. The van der Waals surface area contributed by atoms with Crippen LogP contribution < -0.4 is 4.74 Å². The summed E-state index contributed by atoms with van der Waals surface area (Å²) >= 11 is 0. The number of ether oxygens (including phenoxy) is 1. The van der Waals surface area contributed by atoms with Gasteiger partial charge >= 0.3 is 0 Å². The summed E-state index contributed by atoms with van der Waals surface area (Å²) in [5.74, 6) is 0.982. The monoisotopic (exact) mass is 375 g/mol.